The summed E-state index contributed by atoms with van der Waals surface area (Å²) in [7, 11) is 3.59. The molecule has 0 spiro atoms. The molecule has 1 aliphatic rings. The molecule has 6 heteroatoms. The van der Waals surface area contributed by atoms with Crippen molar-refractivity contribution in [3.05, 3.63) is 52.5 Å². The Labute approximate surface area is 143 Å². The summed E-state index contributed by atoms with van der Waals surface area (Å²) in [4.78, 5) is 13.0. The normalized spacial score (nSPS) is 12.4. The van der Waals surface area contributed by atoms with Gasteiger partial charge in [-0.25, -0.2) is 0 Å². The molecule has 2 heterocycles. The number of carbonyl (C=O) groups excluding carboxylic acids is 1. The molecule has 0 bridgehead atoms. The Morgan fingerprint density at radius 3 is 2.83 bits per heavy atom. The van der Waals surface area contributed by atoms with Crippen LogP contribution in [0.2, 0.25) is 0 Å². The summed E-state index contributed by atoms with van der Waals surface area (Å²) in [5.41, 5.74) is 4.31. The summed E-state index contributed by atoms with van der Waals surface area (Å²) in [5, 5.41) is 7.87. The molecule has 2 aromatic heterocycles. The Balaban J connectivity index is 1.90. The first-order valence-electron chi connectivity index (χ1n) is 7.81. The van der Waals surface area contributed by atoms with E-state index in [-0.39, 0.29) is 5.91 Å². The van der Waals surface area contributed by atoms with Gasteiger partial charge in [-0.3, -0.25) is 9.48 Å². The first kappa shape index (κ1) is 15.0. The van der Waals surface area contributed by atoms with Crippen molar-refractivity contribution < 1.29 is 9.53 Å². The average molecular weight is 339 g/mol. The van der Waals surface area contributed by atoms with Crippen molar-refractivity contribution in [2.45, 2.75) is 12.8 Å². The van der Waals surface area contributed by atoms with E-state index in [0.717, 1.165) is 45.4 Å². The van der Waals surface area contributed by atoms with Crippen molar-refractivity contribution in [1.82, 2.24) is 15.1 Å². The van der Waals surface area contributed by atoms with Gasteiger partial charge in [0.2, 0.25) is 0 Å². The maximum atomic E-state index is 12.3. The maximum absolute atomic E-state index is 12.3. The van der Waals surface area contributed by atoms with Crippen LogP contribution in [0.1, 0.15) is 20.8 Å². The number of benzene rings is 1. The lowest BCUT2D eigenvalue weighted by Gasteiger charge is -2.16. The zero-order chi connectivity index (χ0) is 16.7. The summed E-state index contributed by atoms with van der Waals surface area (Å²) in [6.45, 7) is 0. The largest absolute Gasteiger partial charge is 0.446 e. The Hall–Kier alpha value is -2.60. The number of para-hydroxylation sites is 1. The Morgan fingerprint density at radius 2 is 2.08 bits per heavy atom. The topological polar surface area (TPSA) is 56.1 Å². The van der Waals surface area contributed by atoms with E-state index in [9.17, 15) is 4.79 Å². The first-order valence-corrected chi connectivity index (χ1v) is 8.62. The third-order valence-corrected chi connectivity index (χ3v) is 5.37. The molecule has 0 unspecified atom stereocenters. The molecule has 122 valence electrons. The van der Waals surface area contributed by atoms with Crippen LogP contribution in [0.15, 0.2) is 36.5 Å². The number of aryl methyl sites for hydroxylation is 2. The van der Waals surface area contributed by atoms with Crippen molar-refractivity contribution in [1.29, 1.82) is 0 Å². The standard InChI is InChI=1S/C18H17N3O2S/c1-19-17(22)16-13-9-8-11-10-20-21(2)15(11)14(13)18(24-16)23-12-6-4-3-5-7-12/h3-7,10H,8-9H2,1-2H3,(H,19,22). The summed E-state index contributed by atoms with van der Waals surface area (Å²) < 4.78 is 8.00. The van der Waals surface area contributed by atoms with Gasteiger partial charge in [-0.1, -0.05) is 29.5 Å². The van der Waals surface area contributed by atoms with Gasteiger partial charge in [0, 0.05) is 14.1 Å². The number of thiophene rings is 1. The number of rotatable bonds is 3. The zero-order valence-electron chi connectivity index (χ0n) is 13.5. The molecule has 0 fully saturated rings. The number of hydrogen-bond acceptors (Lipinski definition) is 4. The van der Waals surface area contributed by atoms with Crippen molar-refractivity contribution in [3.63, 3.8) is 0 Å². The van der Waals surface area contributed by atoms with Crippen molar-refractivity contribution >= 4 is 17.2 Å². The molecule has 24 heavy (non-hydrogen) atoms. The Bertz CT molecular complexity index is 912. The highest BCUT2D eigenvalue weighted by Crippen LogP contribution is 2.48. The van der Waals surface area contributed by atoms with Crippen LogP contribution in [0, 0.1) is 0 Å². The minimum absolute atomic E-state index is 0.0650. The fourth-order valence-corrected chi connectivity index (χ4v) is 4.30. The number of nitrogens with one attached hydrogen (secondary N) is 1. The highest BCUT2D eigenvalue weighted by Gasteiger charge is 2.31. The van der Waals surface area contributed by atoms with E-state index in [1.165, 1.54) is 16.9 Å². The summed E-state index contributed by atoms with van der Waals surface area (Å²) in [5.74, 6) is 0.698. The van der Waals surface area contributed by atoms with Crippen LogP contribution in [0.3, 0.4) is 0 Å². The molecule has 1 aromatic carbocycles. The van der Waals surface area contributed by atoms with Crippen LogP contribution in [-0.4, -0.2) is 22.7 Å². The van der Waals surface area contributed by atoms with Crippen LogP contribution in [0.4, 0.5) is 0 Å². The number of fused-ring (bicyclic) bond motifs is 3. The van der Waals surface area contributed by atoms with Gasteiger partial charge in [0.25, 0.3) is 5.91 Å². The van der Waals surface area contributed by atoms with Crippen molar-refractivity contribution in [2.24, 2.45) is 7.05 Å². The SMILES string of the molecule is CNC(=O)c1sc(Oc2ccccc2)c2c1CCc1cnn(C)c1-2. The van der Waals surface area contributed by atoms with Gasteiger partial charge in [-0.15, -0.1) is 0 Å². The number of aromatic nitrogens is 2. The molecule has 3 aromatic rings. The van der Waals surface area contributed by atoms with E-state index in [1.54, 1.807) is 7.05 Å². The van der Waals surface area contributed by atoms with Crippen molar-refractivity contribution in [3.8, 4) is 22.1 Å². The summed E-state index contributed by atoms with van der Waals surface area (Å²) in [6, 6.07) is 9.65. The zero-order valence-corrected chi connectivity index (χ0v) is 14.3. The highest BCUT2D eigenvalue weighted by molar-refractivity contribution is 7.16. The molecule has 4 rings (SSSR count). The third kappa shape index (κ3) is 2.30. The molecule has 1 amide bonds. The maximum Gasteiger partial charge on any atom is 0.261 e. The molecule has 1 aliphatic carbocycles. The molecule has 0 atom stereocenters. The third-order valence-electron chi connectivity index (χ3n) is 4.26. The molecular weight excluding hydrogens is 322 g/mol. The average Bonchev–Trinajstić information content (AvgIpc) is 3.16. The van der Waals surface area contributed by atoms with Gasteiger partial charge in [0.15, 0.2) is 5.06 Å². The molecular formula is C18H17N3O2S. The van der Waals surface area contributed by atoms with E-state index in [1.807, 2.05) is 48.3 Å². The fourth-order valence-electron chi connectivity index (χ4n) is 3.13. The number of carbonyl (C=O) groups is 1. The lowest BCUT2D eigenvalue weighted by molar-refractivity contribution is 0.0966. The molecule has 0 saturated carbocycles. The number of hydrogen-bond donors (Lipinski definition) is 1. The minimum Gasteiger partial charge on any atom is -0.446 e. The monoisotopic (exact) mass is 339 g/mol. The predicted octanol–water partition coefficient (Wildman–Crippen LogP) is 3.40. The van der Waals surface area contributed by atoms with E-state index in [0.29, 0.717) is 0 Å². The quantitative estimate of drug-likeness (QED) is 0.796. The van der Waals surface area contributed by atoms with Gasteiger partial charge in [-0.05, 0) is 36.1 Å². The summed E-state index contributed by atoms with van der Waals surface area (Å²) >= 11 is 1.40. The summed E-state index contributed by atoms with van der Waals surface area (Å²) in [6.07, 6.45) is 3.62. The Morgan fingerprint density at radius 1 is 1.29 bits per heavy atom. The van der Waals surface area contributed by atoms with E-state index in [4.69, 9.17) is 4.74 Å². The van der Waals surface area contributed by atoms with E-state index >= 15 is 0 Å². The predicted molar refractivity (Wildman–Crippen MR) is 93.8 cm³/mol. The lowest BCUT2D eigenvalue weighted by Crippen LogP contribution is -2.19. The van der Waals surface area contributed by atoms with E-state index < -0.39 is 0 Å². The second-order valence-corrected chi connectivity index (χ2v) is 6.69. The minimum atomic E-state index is -0.0650. The molecule has 0 saturated heterocycles. The van der Waals surface area contributed by atoms with Crippen molar-refractivity contribution in [2.75, 3.05) is 7.05 Å². The molecule has 5 nitrogen and oxygen atoms in total. The van der Waals surface area contributed by atoms with Gasteiger partial charge in [-0.2, -0.15) is 5.10 Å². The number of ether oxygens (including phenoxy) is 1. The first-order chi connectivity index (χ1) is 11.7. The molecule has 1 N–H and O–H groups in total. The van der Waals surface area contributed by atoms with Gasteiger partial charge in [0.05, 0.1) is 22.3 Å². The van der Waals surface area contributed by atoms with Crippen LogP contribution >= 0.6 is 11.3 Å². The number of amides is 1. The van der Waals surface area contributed by atoms with Crippen LogP contribution in [0.25, 0.3) is 11.3 Å². The lowest BCUT2D eigenvalue weighted by atomic mass is 9.91. The van der Waals surface area contributed by atoms with Crippen LogP contribution in [0.5, 0.6) is 10.8 Å². The van der Waals surface area contributed by atoms with Gasteiger partial charge >= 0.3 is 0 Å². The molecule has 0 aliphatic heterocycles. The fraction of sp³-hybridized carbons (Fsp3) is 0.222. The second kappa shape index (κ2) is 5.79. The van der Waals surface area contributed by atoms with E-state index in [2.05, 4.69) is 10.4 Å². The smallest absolute Gasteiger partial charge is 0.261 e. The highest BCUT2D eigenvalue weighted by atomic mass is 32.1. The number of nitrogens with zero attached hydrogens (tertiary/aromatic N) is 2. The second-order valence-electron chi connectivity index (χ2n) is 5.71. The molecule has 0 radical (unpaired) electrons. The van der Waals surface area contributed by atoms with Crippen LogP contribution < -0.4 is 10.1 Å². The van der Waals surface area contributed by atoms with Crippen LogP contribution in [-0.2, 0) is 19.9 Å². The Kier molecular flexibility index (Phi) is 3.61. The van der Waals surface area contributed by atoms with Gasteiger partial charge < -0.3 is 10.1 Å². The van der Waals surface area contributed by atoms with Gasteiger partial charge in [0.1, 0.15) is 5.75 Å².